The first-order valence-electron chi connectivity index (χ1n) is 8.41. The molecule has 0 fully saturated rings. The van der Waals surface area contributed by atoms with Crippen molar-refractivity contribution >= 4 is 20.8 Å². The summed E-state index contributed by atoms with van der Waals surface area (Å²) in [6.07, 6.45) is -4.51. The van der Waals surface area contributed by atoms with Crippen LogP contribution >= 0.6 is 0 Å². The highest BCUT2D eigenvalue weighted by molar-refractivity contribution is 7.91. The molecule has 8 heteroatoms. The van der Waals surface area contributed by atoms with E-state index in [1.165, 1.54) is 36.4 Å². The fraction of sp³-hybridized carbons (Fsp3) is 0.0476. The first kappa shape index (κ1) is 19.1. The average Bonchev–Trinajstić information content (AvgIpc) is 3.08. The van der Waals surface area contributed by atoms with Crippen LogP contribution in [0.4, 0.5) is 13.2 Å². The predicted octanol–water partition coefficient (Wildman–Crippen LogP) is 5.66. The molecule has 0 aliphatic carbocycles. The molecule has 0 spiro atoms. The number of alkyl halides is 3. The number of hydrogen-bond acceptors (Lipinski definition) is 4. The Morgan fingerprint density at radius 3 is 2.07 bits per heavy atom. The number of hydrogen-bond donors (Lipinski definition) is 1. The molecule has 148 valence electrons. The highest BCUT2D eigenvalue weighted by atomic mass is 32.2. The second-order valence-corrected chi connectivity index (χ2v) is 8.22. The van der Waals surface area contributed by atoms with Crippen LogP contribution in [0.3, 0.4) is 0 Å². The van der Waals surface area contributed by atoms with Crippen molar-refractivity contribution in [3.63, 3.8) is 0 Å². The van der Waals surface area contributed by atoms with Crippen molar-refractivity contribution < 1.29 is 31.1 Å². The van der Waals surface area contributed by atoms with E-state index in [-0.39, 0.29) is 26.9 Å². The largest absolute Gasteiger partial charge is 0.508 e. The number of phenolic OH excluding ortho intramolecular Hbond substituents is 1. The van der Waals surface area contributed by atoms with Gasteiger partial charge in [0.2, 0.25) is 9.84 Å². The molecule has 1 aromatic heterocycles. The second-order valence-electron chi connectivity index (χ2n) is 6.33. The van der Waals surface area contributed by atoms with E-state index in [1.54, 1.807) is 24.3 Å². The Morgan fingerprint density at radius 2 is 1.45 bits per heavy atom. The Hall–Kier alpha value is -3.26. The lowest BCUT2D eigenvalue weighted by Crippen LogP contribution is -2.05. The van der Waals surface area contributed by atoms with Crippen LogP contribution in [-0.4, -0.2) is 13.5 Å². The van der Waals surface area contributed by atoms with Gasteiger partial charge in [-0.25, -0.2) is 8.42 Å². The molecular formula is C21H13F3O4S. The van der Waals surface area contributed by atoms with Gasteiger partial charge in [-0.3, -0.25) is 0 Å². The van der Waals surface area contributed by atoms with Crippen LogP contribution in [0.15, 0.2) is 87.0 Å². The second kappa shape index (κ2) is 6.66. The Labute approximate surface area is 163 Å². The van der Waals surface area contributed by atoms with Crippen molar-refractivity contribution in [3.05, 3.63) is 78.4 Å². The highest BCUT2D eigenvalue weighted by Crippen LogP contribution is 2.40. The Kier molecular flexibility index (Phi) is 4.38. The van der Waals surface area contributed by atoms with Crippen molar-refractivity contribution in [2.24, 2.45) is 0 Å². The monoisotopic (exact) mass is 418 g/mol. The summed E-state index contributed by atoms with van der Waals surface area (Å²) in [6, 6.07) is 15.6. The van der Waals surface area contributed by atoms with Crippen LogP contribution in [0.2, 0.25) is 0 Å². The van der Waals surface area contributed by atoms with Gasteiger partial charge in [-0.2, -0.15) is 13.2 Å². The van der Waals surface area contributed by atoms with Crippen LogP contribution in [-0.2, 0) is 16.0 Å². The minimum absolute atomic E-state index is 0.0481. The number of fused-ring (bicyclic) bond motifs is 1. The van der Waals surface area contributed by atoms with Gasteiger partial charge < -0.3 is 9.52 Å². The molecule has 4 aromatic rings. The SMILES string of the molecule is O=S(=O)(c1ccc(O)cc1)c1c(-c2ccc(C(F)(F)F)cc2)oc2ccccc12. The third-order valence-corrected chi connectivity index (χ3v) is 6.28. The van der Waals surface area contributed by atoms with E-state index >= 15 is 0 Å². The molecule has 0 saturated heterocycles. The molecule has 0 amide bonds. The fourth-order valence-corrected chi connectivity index (χ4v) is 4.62. The zero-order valence-corrected chi connectivity index (χ0v) is 15.5. The summed E-state index contributed by atoms with van der Waals surface area (Å²) in [6.45, 7) is 0. The molecule has 0 unspecified atom stereocenters. The summed E-state index contributed by atoms with van der Waals surface area (Å²) in [5, 5.41) is 9.76. The molecule has 0 radical (unpaired) electrons. The lowest BCUT2D eigenvalue weighted by molar-refractivity contribution is -0.137. The topological polar surface area (TPSA) is 67.5 Å². The van der Waals surface area contributed by atoms with Crippen molar-refractivity contribution in [2.75, 3.05) is 0 Å². The Bertz CT molecular complexity index is 1290. The third-order valence-electron chi connectivity index (χ3n) is 4.44. The lowest BCUT2D eigenvalue weighted by Gasteiger charge is -2.09. The smallest absolute Gasteiger partial charge is 0.416 e. The standard InChI is InChI=1S/C21H13F3O4S/c22-21(23,24)14-7-5-13(6-8-14)19-20(17-3-1-2-4-18(17)28-19)29(26,27)16-11-9-15(25)10-12-16/h1-12,25H. The van der Waals surface area contributed by atoms with E-state index in [9.17, 15) is 26.7 Å². The summed E-state index contributed by atoms with van der Waals surface area (Å²) in [4.78, 5) is -0.214. The van der Waals surface area contributed by atoms with Gasteiger partial charge in [-0.1, -0.05) is 24.3 Å². The molecule has 4 rings (SSSR count). The van der Waals surface area contributed by atoms with Crippen LogP contribution in [0.1, 0.15) is 5.56 Å². The third kappa shape index (κ3) is 3.36. The molecular weight excluding hydrogens is 405 g/mol. The number of halogens is 3. The number of benzene rings is 3. The Balaban J connectivity index is 1.96. The number of para-hydroxylation sites is 1. The summed E-state index contributed by atoms with van der Waals surface area (Å²) < 4.78 is 71.0. The maximum Gasteiger partial charge on any atom is 0.416 e. The van der Waals surface area contributed by atoms with E-state index in [1.807, 2.05) is 0 Å². The predicted molar refractivity (Wildman–Crippen MR) is 100 cm³/mol. The maximum absolute atomic E-state index is 13.3. The van der Waals surface area contributed by atoms with Gasteiger partial charge in [-0.15, -0.1) is 0 Å². The van der Waals surface area contributed by atoms with Gasteiger partial charge in [-0.05, 0) is 48.5 Å². The molecule has 0 aliphatic rings. The molecule has 0 bridgehead atoms. The molecule has 29 heavy (non-hydrogen) atoms. The van der Waals surface area contributed by atoms with Crippen molar-refractivity contribution in [2.45, 2.75) is 16.0 Å². The van der Waals surface area contributed by atoms with Crippen molar-refractivity contribution in [1.29, 1.82) is 0 Å². The van der Waals surface area contributed by atoms with Gasteiger partial charge in [0.1, 0.15) is 16.2 Å². The molecule has 1 heterocycles. The molecule has 0 aliphatic heterocycles. The summed E-state index contributed by atoms with van der Waals surface area (Å²) in [5.41, 5.74) is -0.355. The van der Waals surface area contributed by atoms with Gasteiger partial charge in [0.15, 0.2) is 5.76 Å². The zero-order valence-electron chi connectivity index (χ0n) is 14.6. The summed E-state index contributed by atoms with van der Waals surface area (Å²) in [5.74, 6) is -0.142. The minimum atomic E-state index is -4.51. The quantitative estimate of drug-likeness (QED) is 0.466. The van der Waals surface area contributed by atoms with E-state index in [4.69, 9.17) is 4.42 Å². The first-order valence-corrected chi connectivity index (χ1v) is 9.89. The van der Waals surface area contributed by atoms with E-state index < -0.39 is 21.6 Å². The summed E-state index contributed by atoms with van der Waals surface area (Å²) in [7, 11) is -4.08. The van der Waals surface area contributed by atoms with Gasteiger partial charge >= 0.3 is 6.18 Å². The normalized spacial score (nSPS) is 12.4. The van der Waals surface area contributed by atoms with Gasteiger partial charge in [0.25, 0.3) is 0 Å². The van der Waals surface area contributed by atoms with Crippen LogP contribution < -0.4 is 0 Å². The molecule has 3 aromatic carbocycles. The van der Waals surface area contributed by atoms with Crippen LogP contribution in [0.5, 0.6) is 5.75 Å². The van der Waals surface area contributed by atoms with E-state index in [0.717, 1.165) is 12.1 Å². The summed E-state index contributed by atoms with van der Waals surface area (Å²) >= 11 is 0. The maximum atomic E-state index is 13.3. The zero-order chi connectivity index (χ0) is 20.8. The molecule has 4 nitrogen and oxygen atoms in total. The number of phenols is 1. The van der Waals surface area contributed by atoms with Gasteiger partial charge in [0.05, 0.1) is 10.5 Å². The van der Waals surface area contributed by atoms with Crippen molar-refractivity contribution in [1.82, 2.24) is 0 Å². The van der Waals surface area contributed by atoms with E-state index in [0.29, 0.717) is 11.0 Å². The van der Waals surface area contributed by atoms with Crippen molar-refractivity contribution in [3.8, 4) is 17.1 Å². The fourth-order valence-electron chi connectivity index (χ4n) is 3.03. The molecule has 1 N–H and O–H groups in total. The first-order chi connectivity index (χ1) is 13.7. The number of rotatable bonds is 3. The number of furan rings is 1. The molecule has 0 saturated carbocycles. The minimum Gasteiger partial charge on any atom is -0.508 e. The Morgan fingerprint density at radius 1 is 0.828 bits per heavy atom. The van der Waals surface area contributed by atoms with Gasteiger partial charge in [0, 0.05) is 10.9 Å². The number of sulfone groups is 1. The average molecular weight is 418 g/mol. The van der Waals surface area contributed by atoms with E-state index in [2.05, 4.69) is 0 Å². The lowest BCUT2D eigenvalue weighted by atomic mass is 10.1. The number of aromatic hydroxyl groups is 1. The van der Waals surface area contributed by atoms with Crippen LogP contribution in [0.25, 0.3) is 22.3 Å². The van der Waals surface area contributed by atoms with Crippen LogP contribution in [0, 0.1) is 0 Å². The highest BCUT2D eigenvalue weighted by Gasteiger charge is 2.32. The molecule has 0 atom stereocenters.